The second kappa shape index (κ2) is 9.22. The van der Waals surface area contributed by atoms with Gasteiger partial charge in [-0.15, -0.1) is 0 Å². The normalized spacial score (nSPS) is 15.4. The Morgan fingerprint density at radius 1 is 0.793 bits per heavy atom. The predicted octanol–water partition coefficient (Wildman–Crippen LogP) is 8.24. The molecule has 0 unspecified atom stereocenters. The van der Waals surface area contributed by atoms with E-state index in [1.54, 1.807) is 0 Å². The first-order chi connectivity index (χ1) is 14.2. The minimum atomic E-state index is 0.768. The Balaban J connectivity index is 1.53. The summed E-state index contributed by atoms with van der Waals surface area (Å²) in [4.78, 5) is 4.93. The van der Waals surface area contributed by atoms with Crippen LogP contribution in [-0.4, -0.2) is 5.71 Å². The van der Waals surface area contributed by atoms with Crippen molar-refractivity contribution >= 4 is 11.4 Å². The summed E-state index contributed by atoms with van der Waals surface area (Å²) in [5.74, 6) is 0.768. The monoisotopic (exact) mass is 381 g/mol. The van der Waals surface area contributed by atoms with Crippen LogP contribution in [0.3, 0.4) is 0 Å². The van der Waals surface area contributed by atoms with Crippen LogP contribution in [-0.2, 0) is 0 Å². The summed E-state index contributed by atoms with van der Waals surface area (Å²) in [5.41, 5.74) is 8.71. The summed E-state index contributed by atoms with van der Waals surface area (Å²) in [6.45, 7) is 4.29. The molecule has 0 heterocycles. The highest BCUT2D eigenvalue weighted by atomic mass is 14.7. The molecule has 0 bridgehead atoms. The number of hydrogen-bond acceptors (Lipinski definition) is 1. The van der Waals surface area contributed by atoms with Crippen LogP contribution in [0.5, 0.6) is 0 Å². The van der Waals surface area contributed by atoms with Gasteiger partial charge in [0.15, 0.2) is 0 Å². The summed E-state index contributed by atoms with van der Waals surface area (Å²) in [7, 11) is 0. The van der Waals surface area contributed by atoms with Gasteiger partial charge in [-0.3, -0.25) is 4.99 Å². The third-order valence-corrected chi connectivity index (χ3v) is 6.24. The molecule has 0 spiro atoms. The molecular formula is C28H31N. The van der Waals surface area contributed by atoms with Crippen molar-refractivity contribution in [3.63, 3.8) is 0 Å². The number of rotatable bonds is 5. The average Bonchev–Trinajstić information content (AvgIpc) is 2.79. The maximum absolute atomic E-state index is 4.93. The Labute approximate surface area is 175 Å². The van der Waals surface area contributed by atoms with Crippen molar-refractivity contribution in [2.45, 2.75) is 58.3 Å². The Bertz CT molecular complexity index is 958. The third-order valence-electron chi connectivity index (χ3n) is 6.24. The van der Waals surface area contributed by atoms with Crippen LogP contribution in [0.2, 0.25) is 0 Å². The van der Waals surface area contributed by atoms with Crippen LogP contribution in [0.1, 0.15) is 68.1 Å². The van der Waals surface area contributed by atoms with Crippen LogP contribution >= 0.6 is 0 Å². The standard InChI is InChI=1S/C28H31N/c1-3-27(29-28-12-8-7-9-21(28)2)26-19-17-25(18-20-26)24-15-13-23(14-16-24)22-10-5-4-6-11-22/h7-9,12-20,22H,3-6,10-11H2,1-2H3. The lowest BCUT2D eigenvalue weighted by molar-refractivity contribution is 0.443. The number of nitrogens with zero attached hydrogens (tertiary/aromatic N) is 1. The number of hydrogen-bond donors (Lipinski definition) is 0. The first kappa shape index (κ1) is 19.6. The van der Waals surface area contributed by atoms with E-state index in [2.05, 4.69) is 86.6 Å². The van der Waals surface area contributed by atoms with Gasteiger partial charge >= 0.3 is 0 Å². The van der Waals surface area contributed by atoms with Crippen molar-refractivity contribution in [1.29, 1.82) is 0 Å². The molecule has 0 radical (unpaired) electrons. The van der Waals surface area contributed by atoms with Gasteiger partial charge in [0.1, 0.15) is 0 Å². The quantitative estimate of drug-likeness (QED) is 0.395. The van der Waals surface area contributed by atoms with Crippen LogP contribution in [0.15, 0.2) is 77.8 Å². The van der Waals surface area contributed by atoms with E-state index >= 15 is 0 Å². The molecule has 0 amide bonds. The second-order valence-corrected chi connectivity index (χ2v) is 8.23. The fourth-order valence-electron chi connectivity index (χ4n) is 4.42. The Morgan fingerprint density at radius 2 is 1.41 bits per heavy atom. The Morgan fingerprint density at radius 3 is 2.03 bits per heavy atom. The van der Waals surface area contributed by atoms with E-state index < -0.39 is 0 Å². The van der Waals surface area contributed by atoms with Gasteiger partial charge in [-0.1, -0.05) is 92.9 Å². The topological polar surface area (TPSA) is 12.4 Å². The van der Waals surface area contributed by atoms with Crippen LogP contribution in [0.25, 0.3) is 11.1 Å². The minimum absolute atomic E-state index is 0.768. The maximum Gasteiger partial charge on any atom is 0.0662 e. The molecule has 0 aromatic heterocycles. The van der Waals surface area contributed by atoms with E-state index in [0.29, 0.717) is 0 Å². The van der Waals surface area contributed by atoms with Crippen LogP contribution < -0.4 is 0 Å². The van der Waals surface area contributed by atoms with Crippen molar-refractivity contribution < 1.29 is 0 Å². The van der Waals surface area contributed by atoms with E-state index in [4.69, 9.17) is 4.99 Å². The zero-order valence-corrected chi connectivity index (χ0v) is 17.7. The van der Waals surface area contributed by atoms with Gasteiger partial charge in [-0.25, -0.2) is 0 Å². The SMILES string of the molecule is CCC(=Nc1ccccc1C)c1ccc(-c2ccc(C3CCCCC3)cc2)cc1. The lowest BCUT2D eigenvalue weighted by atomic mass is 9.83. The molecular weight excluding hydrogens is 350 g/mol. The molecule has 1 nitrogen and oxygen atoms in total. The molecule has 148 valence electrons. The Kier molecular flexibility index (Phi) is 6.24. The number of benzene rings is 3. The van der Waals surface area contributed by atoms with Crippen LogP contribution in [0.4, 0.5) is 5.69 Å². The molecule has 0 atom stereocenters. The van der Waals surface area contributed by atoms with E-state index in [1.165, 1.54) is 59.9 Å². The van der Waals surface area contributed by atoms with E-state index in [-0.39, 0.29) is 0 Å². The fraction of sp³-hybridized carbons (Fsp3) is 0.321. The lowest BCUT2D eigenvalue weighted by Gasteiger charge is -2.22. The second-order valence-electron chi connectivity index (χ2n) is 8.23. The van der Waals surface area contributed by atoms with Gasteiger partial charge in [0, 0.05) is 5.71 Å². The molecule has 0 aliphatic heterocycles. The third kappa shape index (κ3) is 4.67. The smallest absolute Gasteiger partial charge is 0.0662 e. The maximum atomic E-state index is 4.93. The number of aliphatic imine (C=N–C) groups is 1. The molecule has 1 fully saturated rings. The first-order valence-corrected chi connectivity index (χ1v) is 11.1. The zero-order valence-electron chi connectivity index (χ0n) is 17.7. The summed E-state index contributed by atoms with van der Waals surface area (Å²) < 4.78 is 0. The van der Waals surface area contributed by atoms with E-state index in [1.807, 2.05) is 0 Å². The first-order valence-electron chi connectivity index (χ1n) is 11.1. The molecule has 0 N–H and O–H groups in total. The summed E-state index contributed by atoms with van der Waals surface area (Å²) in [5, 5.41) is 0. The van der Waals surface area contributed by atoms with Gasteiger partial charge in [-0.05, 0) is 66.0 Å². The highest BCUT2D eigenvalue weighted by molar-refractivity contribution is 6.02. The minimum Gasteiger partial charge on any atom is -0.253 e. The van der Waals surface area contributed by atoms with Gasteiger partial charge in [0.2, 0.25) is 0 Å². The molecule has 3 aromatic rings. The van der Waals surface area contributed by atoms with E-state index in [9.17, 15) is 0 Å². The van der Waals surface area contributed by atoms with Crippen molar-refractivity contribution in [2.75, 3.05) is 0 Å². The van der Waals surface area contributed by atoms with Gasteiger partial charge in [-0.2, -0.15) is 0 Å². The molecule has 1 aliphatic carbocycles. The molecule has 3 aromatic carbocycles. The molecule has 1 heteroatoms. The van der Waals surface area contributed by atoms with Crippen molar-refractivity contribution in [2.24, 2.45) is 4.99 Å². The molecule has 0 saturated heterocycles. The number of aryl methyl sites for hydroxylation is 1. The highest BCUT2D eigenvalue weighted by Gasteiger charge is 2.15. The van der Waals surface area contributed by atoms with Gasteiger partial charge in [0.25, 0.3) is 0 Å². The zero-order chi connectivity index (χ0) is 20.1. The predicted molar refractivity (Wildman–Crippen MR) is 125 cm³/mol. The summed E-state index contributed by atoms with van der Waals surface area (Å²) in [6, 6.07) is 26.5. The lowest BCUT2D eigenvalue weighted by Crippen LogP contribution is -2.04. The van der Waals surface area contributed by atoms with Gasteiger partial charge in [0.05, 0.1) is 5.69 Å². The number of para-hydroxylation sites is 1. The average molecular weight is 382 g/mol. The van der Waals surface area contributed by atoms with Crippen molar-refractivity contribution in [1.82, 2.24) is 0 Å². The van der Waals surface area contributed by atoms with Crippen LogP contribution in [0, 0.1) is 6.92 Å². The largest absolute Gasteiger partial charge is 0.253 e. The molecule has 1 aliphatic rings. The van der Waals surface area contributed by atoms with Crippen molar-refractivity contribution in [3.05, 3.63) is 89.5 Å². The molecule has 4 rings (SSSR count). The van der Waals surface area contributed by atoms with E-state index in [0.717, 1.165) is 23.7 Å². The molecule has 29 heavy (non-hydrogen) atoms. The van der Waals surface area contributed by atoms with Gasteiger partial charge < -0.3 is 0 Å². The molecule has 1 saturated carbocycles. The fourth-order valence-corrected chi connectivity index (χ4v) is 4.42. The highest BCUT2D eigenvalue weighted by Crippen LogP contribution is 2.33. The van der Waals surface area contributed by atoms with Crippen molar-refractivity contribution in [3.8, 4) is 11.1 Å². The Hall–Kier alpha value is -2.67. The summed E-state index contributed by atoms with van der Waals surface area (Å²) >= 11 is 0. The summed E-state index contributed by atoms with van der Waals surface area (Å²) in [6.07, 6.45) is 7.81.